The van der Waals surface area contributed by atoms with Crippen LogP contribution in [0.25, 0.3) is 0 Å². The van der Waals surface area contributed by atoms with Gasteiger partial charge in [-0.2, -0.15) is 0 Å². The molecule has 5 nitrogen and oxygen atoms in total. The predicted molar refractivity (Wildman–Crippen MR) is 50.8 cm³/mol. The third-order valence-corrected chi connectivity index (χ3v) is 3.21. The van der Waals surface area contributed by atoms with Gasteiger partial charge in [0.25, 0.3) is 0 Å². The zero-order chi connectivity index (χ0) is 10.3. The standard InChI is InChI=1S/C9H15N3O2/c1-5(2)6-3-9(6,4-10)7-11-8(13)14-12-7/h5-6H,3-4,10H2,1-2H3,(H,11,12,13). The summed E-state index contributed by atoms with van der Waals surface area (Å²) in [5.41, 5.74) is 5.60. The Balaban J connectivity index is 2.29. The van der Waals surface area contributed by atoms with Gasteiger partial charge in [-0.3, -0.25) is 9.51 Å². The van der Waals surface area contributed by atoms with Crippen molar-refractivity contribution in [2.24, 2.45) is 17.6 Å². The molecule has 0 bridgehead atoms. The first-order valence-corrected chi connectivity index (χ1v) is 4.86. The summed E-state index contributed by atoms with van der Waals surface area (Å²) in [7, 11) is 0. The Bertz CT molecular complexity index is 381. The minimum absolute atomic E-state index is 0.139. The predicted octanol–water partition coefficient (Wildman–Crippen LogP) is 0.235. The summed E-state index contributed by atoms with van der Waals surface area (Å²) in [6.07, 6.45) is 0.990. The number of aromatic nitrogens is 2. The first-order chi connectivity index (χ1) is 6.60. The van der Waals surface area contributed by atoms with E-state index in [2.05, 4.69) is 28.5 Å². The molecule has 1 aliphatic carbocycles. The van der Waals surface area contributed by atoms with Gasteiger partial charge in [0.2, 0.25) is 0 Å². The molecule has 2 rings (SSSR count). The van der Waals surface area contributed by atoms with Crippen LogP contribution in [0.15, 0.2) is 9.32 Å². The lowest BCUT2D eigenvalue weighted by Gasteiger charge is -2.12. The van der Waals surface area contributed by atoms with Crippen molar-refractivity contribution in [2.75, 3.05) is 6.54 Å². The fourth-order valence-corrected chi connectivity index (χ4v) is 2.26. The molecule has 2 atom stereocenters. The van der Waals surface area contributed by atoms with Gasteiger partial charge in [-0.1, -0.05) is 19.0 Å². The van der Waals surface area contributed by atoms with Crippen LogP contribution in [0.2, 0.25) is 0 Å². The van der Waals surface area contributed by atoms with Crippen molar-refractivity contribution < 1.29 is 4.52 Å². The second-order valence-corrected chi connectivity index (χ2v) is 4.36. The van der Waals surface area contributed by atoms with Crippen molar-refractivity contribution in [3.05, 3.63) is 16.4 Å². The van der Waals surface area contributed by atoms with Crippen LogP contribution in [-0.2, 0) is 5.41 Å². The molecule has 1 fully saturated rings. The maximum atomic E-state index is 10.8. The summed E-state index contributed by atoms with van der Waals surface area (Å²) in [5.74, 6) is 1.18. The Kier molecular flexibility index (Phi) is 1.99. The average molecular weight is 197 g/mol. The summed E-state index contributed by atoms with van der Waals surface area (Å²) in [6, 6.07) is 0. The van der Waals surface area contributed by atoms with Crippen LogP contribution in [0.1, 0.15) is 26.1 Å². The number of nitrogens with zero attached hydrogens (tertiary/aromatic N) is 1. The highest BCUT2D eigenvalue weighted by molar-refractivity contribution is 5.22. The SMILES string of the molecule is CC(C)C1CC1(CN)c1noc(=O)[nH]1. The summed E-state index contributed by atoms with van der Waals surface area (Å²) in [4.78, 5) is 13.4. The molecular weight excluding hydrogens is 182 g/mol. The number of aromatic amines is 1. The minimum atomic E-state index is -0.498. The molecule has 0 radical (unpaired) electrons. The van der Waals surface area contributed by atoms with E-state index < -0.39 is 5.76 Å². The maximum absolute atomic E-state index is 10.8. The fraction of sp³-hybridized carbons (Fsp3) is 0.778. The van der Waals surface area contributed by atoms with Crippen LogP contribution >= 0.6 is 0 Å². The second-order valence-electron chi connectivity index (χ2n) is 4.36. The lowest BCUT2D eigenvalue weighted by Crippen LogP contribution is -2.25. The van der Waals surface area contributed by atoms with Crippen LogP contribution in [0.3, 0.4) is 0 Å². The largest absolute Gasteiger partial charge is 0.438 e. The molecule has 5 heteroatoms. The van der Waals surface area contributed by atoms with Crippen molar-refractivity contribution in [3.8, 4) is 0 Å². The smallest absolute Gasteiger partial charge is 0.329 e. The summed E-state index contributed by atoms with van der Waals surface area (Å²) < 4.78 is 4.50. The Hall–Kier alpha value is -1.10. The lowest BCUT2D eigenvalue weighted by molar-refractivity contribution is 0.369. The molecule has 0 aromatic carbocycles. The van der Waals surface area contributed by atoms with E-state index in [0.29, 0.717) is 24.2 Å². The first kappa shape index (κ1) is 9.45. The Morgan fingerprint density at radius 2 is 2.50 bits per heavy atom. The van der Waals surface area contributed by atoms with Gasteiger partial charge in [0.05, 0.1) is 0 Å². The minimum Gasteiger partial charge on any atom is -0.329 e. The van der Waals surface area contributed by atoms with Gasteiger partial charge in [-0.25, -0.2) is 4.79 Å². The molecule has 3 N–H and O–H groups in total. The van der Waals surface area contributed by atoms with Crippen LogP contribution in [0.4, 0.5) is 0 Å². The fourth-order valence-electron chi connectivity index (χ4n) is 2.26. The normalized spacial score (nSPS) is 31.0. The number of nitrogens with two attached hydrogens (primary N) is 1. The van der Waals surface area contributed by atoms with Crippen LogP contribution in [0, 0.1) is 11.8 Å². The molecule has 2 unspecified atom stereocenters. The van der Waals surface area contributed by atoms with Crippen LogP contribution in [0.5, 0.6) is 0 Å². The second kappa shape index (κ2) is 2.95. The number of hydrogen-bond donors (Lipinski definition) is 2. The Morgan fingerprint density at radius 3 is 2.86 bits per heavy atom. The van der Waals surface area contributed by atoms with Gasteiger partial charge in [0.1, 0.15) is 0 Å². The monoisotopic (exact) mass is 197 g/mol. The van der Waals surface area contributed by atoms with Gasteiger partial charge >= 0.3 is 5.76 Å². The number of hydrogen-bond acceptors (Lipinski definition) is 4. The van der Waals surface area contributed by atoms with E-state index in [0.717, 1.165) is 6.42 Å². The zero-order valence-electron chi connectivity index (χ0n) is 8.41. The molecule has 1 heterocycles. The Labute approximate surface area is 81.7 Å². The average Bonchev–Trinajstić information content (AvgIpc) is 2.76. The van der Waals surface area contributed by atoms with Gasteiger partial charge in [0.15, 0.2) is 5.82 Å². The van der Waals surface area contributed by atoms with Crippen LogP contribution in [-0.4, -0.2) is 16.7 Å². The van der Waals surface area contributed by atoms with E-state index >= 15 is 0 Å². The molecule has 1 aliphatic rings. The first-order valence-electron chi connectivity index (χ1n) is 4.86. The van der Waals surface area contributed by atoms with Crippen molar-refractivity contribution in [1.29, 1.82) is 0 Å². The zero-order valence-corrected chi connectivity index (χ0v) is 8.41. The third-order valence-electron chi connectivity index (χ3n) is 3.21. The number of rotatable bonds is 3. The maximum Gasteiger partial charge on any atom is 0.438 e. The molecule has 1 saturated carbocycles. The highest BCUT2D eigenvalue weighted by atomic mass is 16.5. The van der Waals surface area contributed by atoms with Gasteiger partial charge in [0, 0.05) is 12.0 Å². The highest BCUT2D eigenvalue weighted by Crippen LogP contribution is 2.55. The van der Waals surface area contributed by atoms with Gasteiger partial charge < -0.3 is 5.73 Å². The van der Waals surface area contributed by atoms with Gasteiger partial charge in [-0.15, -0.1) is 0 Å². The molecule has 0 aliphatic heterocycles. The number of H-pyrrole nitrogens is 1. The molecule has 78 valence electrons. The molecule has 14 heavy (non-hydrogen) atoms. The Morgan fingerprint density at radius 1 is 1.79 bits per heavy atom. The summed E-state index contributed by atoms with van der Waals surface area (Å²) >= 11 is 0. The van der Waals surface area contributed by atoms with E-state index in [-0.39, 0.29) is 5.41 Å². The highest BCUT2D eigenvalue weighted by Gasteiger charge is 2.58. The van der Waals surface area contributed by atoms with E-state index in [1.54, 1.807) is 0 Å². The quantitative estimate of drug-likeness (QED) is 0.726. The molecule has 0 amide bonds. The van der Waals surface area contributed by atoms with E-state index in [9.17, 15) is 4.79 Å². The lowest BCUT2D eigenvalue weighted by atomic mass is 9.96. The molecular formula is C9H15N3O2. The van der Waals surface area contributed by atoms with E-state index in [1.165, 1.54) is 0 Å². The number of nitrogens with one attached hydrogen (secondary N) is 1. The van der Waals surface area contributed by atoms with Crippen LogP contribution < -0.4 is 11.5 Å². The molecule has 0 saturated heterocycles. The third kappa shape index (κ3) is 1.19. The molecule has 1 aromatic rings. The van der Waals surface area contributed by atoms with E-state index in [1.807, 2.05) is 0 Å². The topological polar surface area (TPSA) is 84.9 Å². The van der Waals surface area contributed by atoms with E-state index in [4.69, 9.17) is 5.73 Å². The van der Waals surface area contributed by atoms with Gasteiger partial charge in [-0.05, 0) is 18.3 Å². The summed E-state index contributed by atoms with van der Waals surface area (Å²) in [6.45, 7) is 4.82. The summed E-state index contributed by atoms with van der Waals surface area (Å²) in [5, 5.41) is 3.73. The van der Waals surface area contributed by atoms with Crippen molar-refractivity contribution >= 4 is 0 Å². The van der Waals surface area contributed by atoms with Crippen molar-refractivity contribution in [3.63, 3.8) is 0 Å². The van der Waals surface area contributed by atoms with Crippen molar-refractivity contribution in [2.45, 2.75) is 25.7 Å². The van der Waals surface area contributed by atoms with Crippen molar-refractivity contribution in [1.82, 2.24) is 10.1 Å². The molecule has 0 spiro atoms. The molecule has 1 aromatic heterocycles.